The summed E-state index contributed by atoms with van der Waals surface area (Å²) < 4.78 is 5.76. The number of rotatable bonds is 7. The average molecular weight is 408 g/mol. The molecule has 0 aliphatic rings. The molecule has 0 aliphatic heterocycles. The lowest BCUT2D eigenvalue weighted by Crippen LogP contribution is -2.27. The van der Waals surface area contributed by atoms with Crippen LogP contribution in [0.15, 0.2) is 84.6 Å². The van der Waals surface area contributed by atoms with Crippen LogP contribution in [-0.2, 0) is 11.4 Å². The Morgan fingerprint density at radius 1 is 0.966 bits per heavy atom. The van der Waals surface area contributed by atoms with Gasteiger partial charge in [0.1, 0.15) is 18.1 Å². The second kappa shape index (κ2) is 9.57. The molecule has 0 bridgehead atoms. The van der Waals surface area contributed by atoms with E-state index >= 15 is 0 Å². The van der Waals surface area contributed by atoms with Gasteiger partial charge in [0.05, 0.1) is 0 Å². The number of halogens is 1. The molecule has 5 nitrogen and oxygen atoms in total. The van der Waals surface area contributed by atoms with Crippen LogP contribution in [0.2, 0.25) is 5.02 Å². The number of nitrogens with one attached hydrogen (secondary N) is 1. The number of amides is 1. The summed E-state index contributed by atoms with van der Waals surface area (Å²) in [5.74, 6) is -1.18. The molecule has 3 rings (SSSR count). The molecule has 29 heavy (non-hydrogen) atoms. The monoisotopic (exact) mass is 407 g/mol. The highest BCUT2D eigenvalue weighted by molar-refractivity contribution is 6.31. The molecule has 0 atom stereocenters. The molecule has 0 heterocycles. The van der Waals surface area contributed by atoms with Crippen LogP contribution < -0.4 is 10.1 Å². The topological polar surface area (TPSA) is 75.6 Å². The van der Waals surface area contributed by atoms with Crippen molar-refractivity contribution in [2.24, 2.45) is 0 Å². The number of carbonyl (C=O) groups excluding carboxylic acids is 1. The fourth-order valence-electron chi connectivity index (χ4n) is 2.57. The molecule has 3 aromatic rings. The zero-order chi connectivity index (χ0) is 20.6. The third-order valence-electron chi connectivity index (χ3n) is 4.04. The second-order valence-corrected chi connectivity index (χ2v) is 6.54. The number of carbonyl (C=O) groups is 2. The molecule has 0 fully saturated rings. The van der Waals surface area contributed by atoms with Gasteiger partial charge in [-0.25, -0.2) is 4.79 Å². The van der Waals surface area contributed by atoms with Crippen LogP contribution in [-0.4, -0.2) is 17.0 Å². The molecule has 0 radical (unpaired) electrons. The van der Waals surface area contributed by atoms with Gasteiger partial charge in [-0.2, -0.15) is 0 Å². The number of hydrogen-bond donors (Lipinski definition) is 2. The minimum absolute atomic E-state index is 0.234. The maximum Gasteiger partial charge on any atom is 0.352 e. The van der Waals surface area contributed by atoms with Crippen molar-refractivity contribution in [2.75, 3.05) is 0 Å². The van der Waals surface area contributed by atoms with Crippen LogP contribution >= 0.6 is 11.6 Å². The molecule has 6 heteroatoms. The Bertz CT molecular complexity index is 1050. The van der Waals surface area contributed by atoms with Crippen LogP contribution in [0.25, 0.3) is 6.08 Å². The summed E-state index contributed by atoms with van der Waals surface area (Å²) in [7, 11) is 0. The van der Waals surface area contributed by atoms with Gasteiger partial charge in [-0.15, -0.1) is 0 Å². The number of benzene rings is 3. The van der Waals surface area contributed by atoms with Crippen molar-refractivity contribution in [1.82, 2.24) is 5.32 Å². The normalized spacial score (nSPS) is 11.0. The molecule has 0 aromatic heterocycles. The maximum absolute atomic E-state index is 12.3. The first-order valence-electron chi connectivity index (χ1n) is 8.80. The Hall–Kier alpha value is -3.57. The van der Waals surface area contributed by atoms with E-state index in [4.69, 9.17) is 16.3 Å². The summed E-state index contributed by atoms with van der Waals surface area (Å²) in [5.41, 5.74) is 1.56. The van der Waals surface area contributed by atoms with E-state index in [0.29, 0.717) is 21.9 Å². The number of ether oxygens (including phenoxy) is 1. The third kappa shape index (κ3) is 5.70. The zero-order valence-electron chi connectivity index (χ0n) is 15.3. The van der Waals surface area contributed by atoms with Gasteiger partial charge in [0.15, 0.2) is 0 Å². The maximum atomic E-state index is 12.3. The number of carboxylic acids is 1. The van der Waals surface area contributed by atoms with Crippen molar-refractivity contribution in [3.8, 4) is 5.75 Å². The van der Waals surface area contributed by atoms with Crippen molar-refractivity contribution in [3.63, 3.8) is 0 Å². The molecule has 146 valence electrons. The lowest BCUT2D eigenvalue weighted by Gasteiger charge is -2.09. The summed E-state index contributed by atoms with van der Waals surface area (Å²) in [6, 6.07) is 22.7. The first-order chi connectivity index (χ1) is 14.0. The average Bonchev–Trinajstić information content (AvgIpc) is 2.73. The summed E-state index contributed by atoms with van der Waals surface area (Å²) in [5, 5.41) is 12.5. The number of hydrogen-bond acceptors (Lipinski definition) is 3. The standard InChI is InChI=1S/C23H18ClNO4/c24-20-12-5-4-10-18(20)15-29-19-11-6-7-16(13-19)14-21(23(27)28)25-22(26)17-8-2-1-3-9-17/h1-14H,15H2,(H,25,26)(H,27,28)/b21-14+. The molecule has 2 N–H and O–H groups in total. The van der Waals surface area contributed by atoms with E-state index in [0.717, 1.165) is 5.56 Å². The quantitative estimate of drug-likeness (QED) is 0.553. The van der Waals surface area contributed by atoms with Gasteiger partial charge < -0.3 is 15.2 Å². The summed E-state index contributed by atoms with van der Waals surface area (Å²) in [6.45, 7) is 0.281. The lowest BCUT2D eigenvalue weighted by atomic mass is 10.1. The van der Waals surface area contributed by atoms with Gasteiger partial charge in [0, 0.05) is 16.1 Å². The smallest absolute Gasteiger partial charge is 0.352 e. The molecule has 0 spiro atoms. The van der Waals surface area contributed by atoms with Crippen LogP contribution in [0.1, 0.15) is 21.5 Å². The van der Waals surface area contributed by atoms with Crippen LogP contribution in [0.5, 0.6) is 5.75 Å². The van der Waals surface area contributed by atoms with Gasteiger partial charge in [-0.1, -0.05) is 60.1 Å². The van der Waals surface area contributed by atoms with Crippen molar-refractivity contribution in [1.29, 1.82) is 0 Å². The van der Waals surface area contributed by atoms with E-state index < -0.39 is 11.9 Å². The Labute approximate surface area is 173 Å². The van der Waals surface area contributed by atoms with Crippen LogP contribution in [0.3, 0.4) is 0 Å². The zero-order valence-corrected chi connectivity index (χ0v) is 16.1. The Balaban J connectivity index is 1.75. The molecular weight excluding hydrogens is 390 g/mol. The highest BCUT2D eigenvalue weighted by atomic mass is 35.5. The van der Waals surface area contributed by atoms with Gasteiger partial charge in [-0.05, 0) is 42.0 Å². The van der Waals surface area contributed by atoms with Crippen LogP contribution in [0, 0.1) is 0 Å². The molecule has 0 aliphatic carbocycles. The predicted molar refractivity (Wildman–Crippen MR) is 112 cm³/mol. The fraction of sp³-hybridized carbons (Fsp3) is 0.0435. The third-order valence-corrected chi connectivity index (χ3v) is 4.40. The minimum atomic E-state index is -1.24. The summed E-state index contributed by atoms with van der Waals surface area (Å²) >= 11 is 6.13. The Morgan fingerprint density at radius 2 is 1.69 bits per heavy atom. The summed E-state index contributed by atoms with van der Waals surface area (Å²) in [6.07, 6.45) is 1.38. The molecule has 0 saturated carbocycles. The van der Waals surface area contributed by atoms with E-state index in [1.165, 1.54) is 6.08 Å². The Kier molecular flexibility index (Phi) is 6.66. The van der Waals surface area contributed by atoms with Crippen molar-refractivity contribution < 1.29 is 19.4 Å². The van der Waals surface area contributed by atoms with E-state index in [9.17, 15) is 14.7 Å². The van der Waals surface area contributed by atoms with Crippen molar-refractivity contribution in [2.45, 2.75) is 6.61 Å². The summed E-state index contributed by atoms with van der Waals surface area (Å²) in [4.78, 5) is 23.8. The van der Waals surface area contributed by atoms with Gasteiger partial charge in [0.2, 0.25) is 0 Å². The molecule has 3 aromatic carbocycles. The highest BCUT2D eigenvalue weighted by Crippen LogP contribution is 2.20. The predicted octanol–water partition coefficient (Wildman–Crippen LogP) is 4.77. The van der Waals surface area contributed by atoms with Crippen molar-refractivity contribution >= 4 is 29.6 Å². The molecule has 0 saturated heterocycles. The fourth-order valence-corrected chi connectivity index (χ4v) is 2.76. The minimum Gasteiger partial charge on any atom is -0.489 e. The first-order valence-corrected chi connectivity index (χ1v) is 9.18. The van der Waals surface area contributed by atoms with Crippen molar-refractivity contribution in [3.05, 3.63) is 106 Å². The molecular formula is C23H18ClNO4. The Morgan fingerprint density at radius 3 is 2.41 bits per heavy atom. The van der Waals surface area contributed by atoms with Gasteiger partial charge in [0.25, 0.3) is 5.91 Å². The highest BCUT2D eigenvalue weighted by Gasteiger charge is 2.13. The van der Waals surface area contributed by atoms with Crippen LogP contribution in [0.4, 0.5) is 0 Å². The molecule has 1 amide bonds. The lowest BCUT2D eigenvalue weighted by molar-refractivity contribution is -0.132. The van der Waals surface area contributed by atoms with E-state index in [2.05, 4.69) is 5.32 Å². The number of aliphatic carboxylic acids is 1. The largest absolute Gasteiger partial charge is 0.489 e. The second-order valence-electron chi connectivity index (χ2n) is 6.14. The van der Waals surface area contributed by atoms with Gasteiger partial charge in [-0.3, -0.25) is 4.79 Å². The molecule has 0 unspecified atom stereocenters. The SMILES string of the molecule is O=C(O)/C(=C\c1cccc(OCc2ccccc2Cl)c1)NC(=O)c1ccccc1. The number of carboxylic acid groups (broad SMARTS) is 1. The first kappa shape index (κ1) is 20.2. The van der Waals surface area contributed by atoms with Gasteiger partial charge >= 0.3 is 5.97 Å². The van der Waals surface area contributed by atoms with E-state index in [1.54, 1.807) is 60.7 Å². The van der Waals surface area contributed by atoms with E-state index in [-0.39, 0.29) is 12.3 Å². The van der Waals surface area contributed by atoms with E-state index in [1.807, 2.05) is 18.2 Å².